The van der Waals surface area contributed by atoms with Gasteiger partial charge in [-0.3, -0.25) is 0 Å². The van der Waals surface area contributed by atoms with Gasteiger partial charge in [-0.2, -0.15) is 0 Å². The van der Waals surface area contributed by atoms with Crippen molar-refractivity contribution in [2.75, 3.05) is 6.61 Å². The second-order valence-electron chi connectivity index (χ2n) is 6.20. The molecule has 1 fully saturated rings. The number of carbonyl (C=O) groups is 1. The van der Waals surface area contributed by atoms with Gasteiger partial charge < -0.3 is 20.2 Å². The minimum absolute atomic E-state index is 0.0451. The number of urea groups is 1. The fourth-order valence-electron chi connectivity index (χ4n) is 3.62. The molecule has 3 rings (SSSR count). The van der Waals surface area contributed by atoms with Crippen LogP contribution in [-0.2, 0) is 6.42 Å². The molecule has 3 N–H and O–H groups in total. The molecular weight excluding hydrogens is 268 g/mol. The summed E-state index contributed by atoms with van der Waals surface area (Å²) in [6.07, 6.45) is 8.87. The Kier molecular flexibility index (Phi) is 4.48. The molecule has 21 heavy (non-hydrogen) atoms. The summed E-state index contributed by atoms with van der Waals surface area (Å²) in [5, 5.41) is 15.5. The Bertz CT molecular complexity index is 486. The van der Waals surface area contributed by atoms with Crippen molar-refractivity contribution < 1.29 is 14.3 Å². The highest BCUT2D eigenvalue weighted by Gasteiger charge is 2.28. The first-order valence-corrected chi connectivity index (χ1v) is 8.02. The second kappa shape index (κ2) is 6.52. The van der Waals surface area contributed by atoms with Gasteiger partial charge in [-0.25, -0.2) is 4.79 Å². The van der Waals surface area contributed by atoms with Crippen molar-refractivity contribution in [1.29, 1.82) is 0 Å². The molecule has 1 heterocycles. The van der Waals surface area contributed by atoms with Crippen molar-refractivity contribution in [2.45, 2.75) is 57.0 Å². The monoisotopic (exact) mass is 292 g/mol. The summed E-state index contributed by atoms with van der Waals surface area (Å²) in [4.78, 5) is 12.2. The average Bonchev–Trinajstić information content (AvgIpc) is 2.97. The van der Waals surface area contributed by atoms with Crippen molar-refractivity contribution >= 4 is 6.03 Å². The normalized spacial score (nSPS) is 28.7. The molecular formula is C16H24N2O3. The standard InChI is InChI=1S/C16H24N2O3/c19-10-11-4-1-2-5-13(11)17-16(20)18-14-6-3-7-15-12(14)8-9-21-15/h8-9,11,13-14,19H,1-7,10H2,(H2,17,18,20). The van der Waals surface area contributed by atoms with Crippen LogP contribution in [0.4, 0.5) is 4.79 Å². The van der Waals surface area contributed by atoms with Gasteiger partial charge in [-0.05, 0) is 31.7 Å². The van der Waals surface area contributed by atoms with Gasteiger partial charge in [0, 0.05) is 30.6 Å². The first-order chi connectivity index (χ1) is 10.3. The minimum atomic E-state index is -0.126. The maximum absolute atomic E-state index is 12.2. The van der Waals surface area contributed by atoms with Gasteiger partial charge in [-0.1, -0.05) is 12.8 Å². The van der Waals surface area contributed by atoms with Crippen molar-refractivity contribution in [3.63, 3.8) is 0 Å². The van der Waals surface area contributed by atoms with E-state index in [2.05, 4.69) is 10.6 Å². The maximum atomic E-state index is 12.2. The Morgan fingerprint density at radius 2 is 2.10 bits per heavy atom. The molecule has 0 spiro atoms. The summed E-state index contributed by atoms with van der Waals surface area (Å²) in [5.41, 5.74) is 1.11. The van der Waals surface area contributed by atoms with Gasteiger partial charge in [0.15, 0.2) is 0 Å². The van der Waals surface area contributed by atoms with E-state index >= 15 is 0 Å². The lowest BCUT2D eigenvalue weighted by Crippen LogP contribution is -2.48. The number of hydrogen-bond donors (Lipinski definition) is 3. The Morgan fingerprint density at radius 1 is 1.24 bits per heavy atom. The lowest BCUT2D eigenvalue weighted by Gasteiger charge is -2.32. The number of aliphatic hydroxyl groups is 1. The molecule has 116 valence electrons. The highest BCUT2D eigenvalue weighted by Crippen LogP contribution is 2.30. The number of aliphatic hydroxyl groups excluding tert-OH is 1. The molecule has 1 aromatic rings. The molecule has 3 atom stereocenters. The fourth-order valence-corrected chi connectivity index (χ4v) is 3.62. The average molecular weight is 292 g/mol. The lowest BCUT2D eigenvalue weighted by molar-refractivity contribution is 0.153. The second-order valence-corrected chi connectivity index (χ2v) is 6.20. The fraction of sp³-hybridized carbons (Fsp3) is 0.688. The number of carbonyl (C=O) groups excluding carboxylic acids is 1. The number of rotatable bonds is 3. The summed E-state index contributed by atoms with van der Waals surface area (Å²) in [6.45, 7) is 0.153. The zero-order valence-electron chi connectivity index (χ0n) is 12.3. The van der Waals surface area contributed by atoms with E-state index in [1.54, 1.807) is 6.26 Å². The molecule has 1 saturated carbocycles. The number of furan rings is 1. The topological polar surface area (TPSA) is 74.5 Å². The van der Waals surface area contributed by atoms with E-state index in [4.69, 9.17) is 4.42 Å². The van der Waals surface area contributed by atoms with E-state index < -0.39 is 0 Å². The van der Waals surface area contributed by atoms with Gasteiger partial charge in [0.2, 0.25) is 0 Å². The number of amides is 2. The molecule has 0 aromatic carbocycles. The van der Waals surface area contributed by atoms with Crippen molar-refractivity contribution in [3.05, 3.63) is 23.7 Å². The molecule has 2 amide bonds. The predicted molar refractivity (Wildman–Crippen MR) is 78.9 cm³/mol. The van der Waals surface area contributed by atoms with E-state index in [1.165, 1.54) is 0 Å². The van der Waals surface area contributed by atoms with Crippen LogP contribution in [0.3, 0.4) is 0 Å². The molecule has 5 nitrogen and oxygen atoms in total. The third-order valence-corrected chi connectivity index (χ3v) is 4.82. The summed E-state index contributed by atoms with van der Waals surface area (Å²) in [5.74, 6) is 1.19. The van der Waals surface area contributed by atoms with Crippen LogP contribution < -0.4 is 10.6 Å². The van der Waals surface area contributed by atoms with Crippen molar-refractivity contribution in [3.8, 4) is 0 Å². The number of nitrogens with one attached hydrogen (secondary N) is 2. The Balaban J connectivity index is 1.57. The van der Waals surface area contributed by atoms with Gasteiger partial charge in [0.05, 0.1) is 12.3 Å². The van der Waals surface area contributed by atoms with Gasteiger partial charge in [0.1, 0.15) is 5.76 Å². The SMILES string of the molecule is O=C(NC1CCCc2occc21)NC1CCCCC1CO. The Hall–Kier alpha value is -1.49. The first-order valence-electron chi connectivity index (χ1n) is 8.02. The van der Waals surface area contributed by atoms with E-state index in [9.17, 15) is 9.90 Å². The van der Waals surface area contributed by atoms with Crippen LogP contribution >= 0.6 is 0 Å². The van der Waals surface area contributed by atoms with Crippen LogP contribution in [0.1, 0.15) is 55.9 Å². The zero-order valence-corrected chi connectivity index (χ0v) is 12.3. The molecule has 0 aliphatic heterocycles. The van der Waals surface area contributed by atoms with Gasteiger partial charge in [0.25, 0.3) is 0 Å². The zero-order chi connectivity index (χ0) is 14.7. The highest BCUT2D eigenvalue weighted by atomic mass is 16.3. The first kappa shape index (κ1) is 14.4. The molecule has 2 aliphatic rings. The molecule has 2 aliphatic carbocycles. The number of aryl methyl sites for hydroxylation is 1. The van der Waals surface area contributed by atoms with Gasteiger partial charge >= 0.3 is 6.03 Å². The summed E-state index contributed by atoms with van der Waals surface area (Å²) in [7, 11) is 0. The van der Waals surface area contributed by atoms with E-state index in [-0.39, 0.29) is 30.6 Å². The summed E-state index contributed by atoms with van der Waals surface area (Å²) < 4.78 is 5.45. The van der Waals surface area contributed by atoms with E-state index in [0.717, 1.165) is 56.3 Å². The summed E-state index contributed by atoms with van der Waals surface area (Å²) >= 11 is 0. The maximum Gasteiger partial charge on any atom is 0.315 e. The van der Waals surface area contributed by atoms with E-state index in [1.807, 2.05) is 6.07 Å². The molecule has 0 bridgehead atoms. The van der Waals surface area contributed by atoms with Crippen LogP contribution in [0, 0.1) is 5.92 Å². The Labute approximate surface area is 125 Å². The number of fused-ring (bicyclic) bond motifs is 1. The van der Waals surface area contributed by atoms with Crippen LogP contribution in [0.25, 0.3) is 0 Å². The van der Waals surface area contributed by atoms with E-state index in [0.29, 0.717) is 0 Å². The van der Waals surface area contributed by atoms with Crippen LogP contribution in [0.15, 0.2) is 16.7 Å². The molecule has 0 radical (unpaired) electrons. The highest BCUT2D eigenvalue weighted by molar-refractivity contribution is 5.75. The number of hydrogen-bond acceptors (Lipinski definition) is 3. The third-order valence-electron chi connectivity index (χ3n) is 4.82. The third kappa shape index (κ3) is 3.23. The molecule has 5 heteroatoms. The quantitative estimate of drug-likeness (QED) is 0.801. The van der Waals surface area contributed by atoms with Crippen LogP contribution in [0.5, 0.6) is 0 Å². The smallest absolute Gasteiger partial charge is 0.315 e. The molecule has 0 saturated heterocycles. The lowest BCUT2D eigenvalue weighted by atomic mass is 9.85. The van der Waals surface area contributed by atoms with Crippen LogP contribution in [0.2, 0.25) is 0 Å². The summed E-state index contributed by atoms with van der Waals surface area (Å²) in [6, 6.07) is 1.97. The Morgan fingerprint density at radius 3 is 2.95 bits per heavy atom. The van der Waals surface area contributed by atoms with Crippen molar-refractivity contribution in [2.24, 2.45) is 5.92 Å². The molecule has 3 unspecified atom stereocenters. The largest absolute Gasteiger partial charge is 0.469 e. The predicted octanol–water partition coefficient (Wildman–Crippen LogP) is 2.51. The van der Waals surface area contributed by atoms with Crippen molar-refractivity contribution in [1.82, 2.24) is 10.6 Å². The minimum Gasteiger partial charge on any atom is -0.469 e. The van der Waals surface area contributed by atoms with Crippen LogP contribution in [-0.4, -0.2) is 23.8 Å². The van der Waals surface area contributed by atoms with Gasteiger partial charge in [-0.15, -0.1) is 0 Å². The molecule has 1 aromatic heterocycles.